The van der Waals surface area contributed by atoms with Crippen molar-refractivity contribution in [1.82, 2.24) is 9.97 Å². The Hall–Kier alpha value is -1.01. The molecule has 18 heavy (non-hydrogen) atoms. The second-order valence-electron chi connectivity index (χ2n) is 3.80. The predicted octanol–water partition coefficient (Wildman–Crippen LogP) is 2.47. The first kappa shape index (κ1) is 15.0. The minimum Gasteiger partial charge on any atom is -0.377 e. The monoisotopic (exact) mass is 270 g/mol. The van der Waals surface area contributed by atoms with Crippen LogP contribution in [0.4, 0.5) is 11.6 Å². The van der Waals surface area contributed by atoms with Gasteiger partial charge in [0.1, 0.15) is 11.6 Å². The van der Waals surface area contributed by atoms with Crippen molar-refractivity contribution in [2.24, 2.45) is 0 Å². The number of ether oxygens (including phenoxy) is 1. The second-order valence-corrected chi connectivity index (χ2v) is 4.58. The van der Waals surface area contributed by atoms with Gasteiger partial charge in [0.2, 0.25) is 0 Å². The summed E-state index contributed by atoms with van der Waals surface area (Å²) in [6.45, 7) is 8.40. The molecule has 2 N–H and O–H groups in total. The quantitative estimate of drug-likeness (QED) is 0.559. The van der Waals surface area contributed by atoms with Gasteiger partial charge in [0.05, 0.1) is 6.10 Å². The van der Waals surface area contributed by atoms with Crippen LogP contribution in [0.3, 0.4) is 0 Å². The molecule has 1 heterocycles. The minimum atomic E-state index is 0.172. The highest BCUT2D eigenvalue weighted by atomic mass is 32.2. The van der Waals surface area contributed by atoms with E-state index >= 15 is 0 Å². The molecule has 0 aliphatic rings. The average Bonchev–Trinajstić information content (AvgIpc) is 2.37. The van der Waals surface area contributed by atoms with E-state index in [2.05, 4.69) is 20.6 Å². The van der Waals surface area contributed by atoms with E-state index in [-0.39, 0.29) is 6.10 Å². The molecule has 0 saturated carbocycles. The Balaban J connectivity index is 2.65. The zero-order valence-electron chi connectivity index (χ0n) is 11.5. The topological polar surface area (TPSA) is 59.1 Å². The van der Waals surface area contributed by atoms with Crippen LogP contribution in [-0.2, 0) is 4.74 Å². The number of hydrogen-bond donors (Lipinski definition) is 2. The summed E-state index contributed by atoms with van der Waals surface area (Å²) in [5, 5.41) is 7.24. The fourth-order valence-corrected chi connectivity index (χ4v) is 1.85. The molecule has 0 amide bonds. The van der Waals surface area contributed by atoms with E-state index in [9.17, 15) is 0 Å². The standard InChI is InChI=1S/C12H22N4OS/c1-5-13-10-7-11(16-12(15-10)18-4)14-8-9(3)17-6-2/h7,9H,5-6,8H2,1-4H3,(H2,13,14,15,16). The van der Waals surface area contributed by atoms with Crippen molar-refractivity contribution in [2.75, 3.05) is 36.6 Å². The van der Waals surface area contributed by atoms with Gasteiger partial charge < -0.3 is 15.4 Å². The zero-order valence-corrected chi connectivity index (χ0v) is 12.3. The molecular weight excluding hydrogens is 248 g/mol. The maximum Gasteiger partial charge on any atom is 0.191 e. The Morgan fingerprint density at radius 1 is 1.28 bits per heavy atom. The molecule has 0 aromatic carbocycles. The minimum absolute atomic E-state index is 0.172. The highest BCUT2D eigenvalue weighted by molar-refractivity contribution is 7.98. The van der Waals surface area contributed by atoms with E-state index in [1.165, 1.54) is 11.8 Å². The number of aromatic nitrogens is 2. The van der Waals surface area contributed by atoms with Gasteiger partial charge in [-0.15, -0.1) is 0 Å². The molecule has 102 valence electrons. The predicted molar refractivity (Wildman–Crippen MR) is 77.6 cm³/mol. The zero-order chi connectivity index (χ0) is 13.4. The molecular formula is C12H22N4OS. The van der Waals surface area contributed by atoms with E-state index in [0.29, 0.717) is 0 Å². The van der Waals surface area contributed by atoms with Crippen molar-refractivity contribution in [3.8, 4) is 0 Å². The molecule has 0 fully saturated rings. The Labute approximate surface area is 113 Å². The first-order valence-electron chi connectivity index (χ1n) is 6.22. The summed E-state index contributed by atoms with van der Waals surface area (Å²) in [5.41, 5.74) is 0. The lowest BCUT2D eigenvalue weighted by Crippen LogP contribution is -2.20. The number of nitrogens with one attached hydrogen (secondary N) is 2. The highest BCUT2D eigenvalue weighted by Crippen LogP contribution is 2.17. The first-order chi connectivity index (χ1) is 8.69. The van der Waals surface area contributed by atoms with Gasteiger partial charge in [0.15, 0.2) is 5.16 Å². The number of nitrogens with zero attached hydrogens (tertiary/aromatic N) is 2. The van der Waals surface area contributed by atoms with Crippen molar-refractivity contribution in [3.05, 3.63) is 6.07 Å². The molecule has 0 bridgehead atoms. The number of rotatable bonds is 8. The summed E-state index contributed by atoms with van der Waals surface area (Å²) in [6.07, 6.45) is 2.14. The largest absolute Gasteiger partial charge is 0.377 e. The van der Waals surface area contributed by atoms with Crippen molar-refractivity contribution >= 4 is 23.4 Å². The first-order valence-corrected chi connectivity index (χ1v) is 7.44. The maximum atomic E-state index is 5.47. The smallest absolute Gasteiger partial charge is 0.191 e. The van der Waals surface area contributed by atoms with Gasteiger partial charge in [-0.2, -0.15) is 0 Å². The van der Waals surface area contributed by atoms with Crippen LogP contribution in [0.2, 0.25) is 0 Å². The van der Waals surface area contributed by atoms with E-state index in [1.54, 1.807) is 0 Å². The lowest BCUT2D eigenvalue weighted by molar-refractivity contribution is 0.0855. The Bertz CT molecular complexity index is 362. The Morgan fingerprint density at radius 3 is 2.50 bits per heavy atom. The Morgan fingerprint density at radius 2 is 1.94 bits per heavy atom. The van der Waals surface area contributed by atoms with Crippen LogP contribution in [0.1, 0.15) is 20.8 Å². The lowest BCUT2D eigenvalue weighted by Gasteiger charge is -2.14. The molecule has 0 spiro atoms. The van der Waals surface area contributed by atoms with Crippen LogP contribution >= 0.6 is 11.8 Å². The maximum absolute atomic E-state index is 5.47. The number of hydrogen-bond acceptors (Lipinski definition) is 6. The molecule has 1 aromatic heterocycles. The average molecular weight is 270 g/mol. The van der Waals surface area contributed by atoms with E-state index in [0.717, 1.165) is 36.5 Å². The van der Waals surface area contributed by atoms with Gasteiger partial charge in [-0.25, -0.2) is 9.97 Å². The van der Waals surface area contributed by atoms with Crippen LogP contribution in [-0.4, -0.2) is 42.0 Å². The van der Waals surface area contributed by atoms with Crippen LogP contribution in [0.5, 0.6) is 0 Å². The molecule has 1 rings (SSSR count). The molecule has 0 aliphatic carbocycles. The SMILES string of the molecule is CCNc1cc(NCC(C)OCC)nc(SC)n1. The highest BCUT2D eigenvalue weighted by Gasteiger charge is 2.05. The molecule has 6 heteroatoms. The van der Waals surface area contributed by atoms with E-state index in [4.69, 9.17) is 4.74 Å². The van der Waals surface area contributed by atoms with Crippen LogP contribution in [0.15, 0.2) is 11.2 Å². The van der Waals surface area contributed by atoms with Gasteiger partial charge in [0, 0.05) is 25.8 Å². The summed E-state index contributed by atoms with van der Waals surface area (Å²) < 4.78 is 5.47. The van der Waals surface area contributed by atoms with Crippen molar-refractivity contribution < 1.29 is 4.74 Å². The summed E-state index contributed by atoms with van der Waals surface area (Å²) in [7, 11) is 0. The van der Waals surface area contributed by atoms with E-state index < -0.39 is 0 Å². The van der Waals surface area contributed by atoms with Crippen molar-refractivity contribution in [3.63, 3.8) is 0 Å². The summed E-state index contributed by atoms with van der Waals surface area (Å²) >= 11 is 1.53. The molecule has 5 nitrogen and oxygen atoms in total. The fourth-order valence-electron chi connectivity index (χ4n) is 1.47. The molecule has 0 saturated heterocycles. The third-order valence-electron chi connectivity index (χ3n) is 2.27. The molecule has 0 aliphatic heterocycles. The summed E-state index contributed by atoms with van der Waals surface area (Å²) in [5.74, 6) is 1.68. The molecule has 1 aromatic rings. The van der Waals surface area contributed by atoms with Gasteiger partial charge >= 0.3 is 0 Å². The third kappa shape index (κ3) is 5.10. The van der Waals surface area contributed by atoms with Gasteiger partial charge in [0.25, 0.3) is 0 Å². The van der Waals surface area contributed by atoms with Gasteiger partial charge in [-0.1, -0.05) is 11.8 Å². The molecule has 1 unspecified atom stereocenters. The van der Waals surface area contributed by atoms with Crippen molar-refractivity contribution in [1.29, 1.82) is 0 Å². The normalized spacial score (nSPS) is 12.2. The Kier molecular flexibility index (Phi) is 6.82. The van der Waals surface area contributed by atoms with E-state index in [1.807, 2.05) is 33.1 Å². The third-order valence-corrected chi connectivity index (χ3v) is 2.82. The van der Waals surface area contributed by atoms with Crippen LogP contribution in [0, 0.1) is 0 Å². The summed E-state index contributed by atoms with van der Waals surface area (Å²) in [6, 6.07) is 1.92. The number of anilines is 2. The van der Waals surface area contributed by atoms with Crippen LogP contribution < -0.4 is 10.6 Å². The second kappa shape index (κ2) is 8.16. The van der Waals surface area contributed by atoms with Gasteiger partial charge in [-0.05, 0) is 27.0 Å². The molecule has 1 atom stereocenters. The van der Waals surface area contributed by atoms with Crippen LogP contribution in [0.25, 0.3) is 0 Å². The molecule has 0 radical (unpaired) electrons. The fraction of sp³-hybridized carbons (Fsp3) is 0.667. The summed E-state index contributed by atoms with van der Waals surface area (Å²) in [4.78, 5) is 8.79. The van der Waals surface area contributed by atoms with Gasteiger partial charge in [-0.3, -0.25) is 0 Å². The number of thioether (sulfide) groups is 1. The lowest BCUT2D eigenvalue weighted by atomic mass is 10.4. The van der Waals surface area contributed by atoms with Crippen molar-refractivity contribution in [2.45, 2.75) is 32.0 Å².